The number of rotatable bonds is 7. The molecule has 1 aromatic heterocycles. The van der Waals surface area contributed by atoms with Gasteiger partial charge in [0.15, 0.2) is 0 Å². The molecule has 0 spiro atoms. The molecule has 12 aromatic carbocycles. The van der Waals surface area contributed by atoms with Crippen molar-refractivity contribution in [3.8, 4) is 56.3 Å². The van der Waals surface area contributed by atoms with E-state index in [-0.39, 0.29) is 23.5 Å². The number of aromatic nitrogens is 1. The van der Waals surface area contributed by atoms with Crippen molar-refractivity contribution in [1.82, 2.24) is 4.57 Å². The van der Waals surface area contributed by atoms with Gasteiger partial charge in [0, 0.05) is 61.8 Å². The highest BCUT2D eigenvalue weighted by atomic mass is 15.2. The zero-order valence-electron chi connectivity index (χ0n) is 49.8. The second kappa shape index (κ2) is 19.8. The van der Waals surface area contributed by atoms with Crippen LogP contribution in [0.2, 0.25) is 0 Å². The zero-order chi connectivity index (χ0) is 58.9. The van der Waals surface area contributed by atoms with E-state index < -0.39 is 0 Å². The number of hydrogen-bond donors (Lipinski definition) is 0. The molecule has 87 heavy (non-hydrogen) atoms. The summed E-state index contributed by atoms with van der Waals surface area (Å²) in [6.07, 6.45) is 0. The van der Waals surface area contributed by atoms with Crippen LogP contribution in [0.3, 0.4) is 0 Å². The summed E-state index contributed by atoms with van der Waals surface area (Å²) in [5.74, 6) is 0.0149. The van der Waals surface area contributed by atoms with Crippen molar-refractivity contribution >= 4 is 79.0 Å². The lowest BCUT2D eigenvalue weighted by atomic mass is 9.33. The molecule has 1 aliphatic carbocycles. The average Bonchev–Trinajstić information content (AvgIpc) is 1.29. The lowest BCUT2D eigenvalue weighted by molar-refractivity contribution is 0.589. The summed E-state index contributed by atoms with van der Waals surface area (Å²) >= 11 is 0. The summed E-state index contributed by atoms with van der Waals surface area (Å²) < 4.78 is 2.35. The SMILES string of the molecule is CC(C)(C)c1ccc2c(c1)-c1cc(C(C)(C)C)ccc1C2c1ccc2c(c1)N(c1ccccc1-c1ccccc1)c1cccc3c1B2c1ccc(-c2cc(-n4c5ccccc5c5ccccc54)ccc2C#N)cc1N3c1ccccc1-c1ccccc1. The maximum Gasteiger partial charge on any atom is 0.252 e. The van der Waals surface area contributed by atoms with Crippen LogP contribution in [0.5, 0.6) is 0 Å². The maximum atomic E-state index is 11.1. The molecule has 0 fully saturated rings. The summed E-state index contributed by atoms with van der Waals surface area (Å²) in [4.78, 5) is 5.10. The Hall–Kier alpha value is -10.4. The molecule has 0 bridgehead atoms. The van der Waals surface area contributed by atoms with Crippen LogP contribution < -0.4 is 26.2 Å². The van der Waals surface area contributed by atoms with Crippen LogP contribution in [0.15, 0.2) is 267 Å². The molecule has 3 aliphatic rings. The number of benzene rings is 12. The molecule has 0 N–H and O–H groups in total. The molecular weight excluding hydrogens is 1050 g/mol. The minimum atomic E-state index is -0.157. The van der Waals surface area contributed by atoms with Crippen molar-refractivity contribution in [3.63, 3.8) is 0 Å². The van der Waals surface area contributed by atoms with Gasteiger partial charge in [-0.05, 0) is 150 Å². The molecule has 5 heteroatoms. The third-order valence-corrected chi connectivity index (χ3v) is 18.8. The van der Waals surface area contributed by atoms with Gasteiger partial charge in [-0.1, -0.05) is 242 Å². The van der Waals surface area contributed by atoms with Gasteiger partial charge in [-0.15, -0.1) is 0 Å². The van der Waals surface area contributed by atoms with Crippen molar-refractivity contribution in [1.29, 1.82) is 5.26 Å². The summed E-state index contributed by atoms with van der Waals surface area (Å²) in [5, 5.41) is 13.5. The summed E-state index contributed by atoms with van der Waals surface area (Å²) in [5.41, 5.74) is 30.0. The number of anilines is 6. The van der Waals surface area contributed by atoms with Crippen LogP contribution in [0.25, 0.3) is 72.0 Å². The van der Waals surface area contributed by atoms with Gasteiger partial charge in [0.1, 0.15) is 0 Å². The second-order valence-electron chi connectivity index (χ2n) is 25.9. The van der Waals surface area contributed by atoms with E-state index in [0.29, 0.717) is 5.56 Å². The summed E-state index contributed by atoms with van der Waals surface area (Å²) in [7, 11) is 0. The standard InChI is InChI=1S/C82H63BN4/c1-81(2,3)57-39-42-64-67(48-57)68-49-58(82(4,5)6)40-43-65(68)79(64)55-38-45-70-78(47-55)87(72-31-18-14-27-61(72)53-24-11-8-12-25-53)76-35-21-34-75-80(76)83(70)69-44-37-54(46-77(69)86(75)71-30-17-13-26-60(71)52-22-9-7-10-23-52)66-50-59(41-36-56(66)51-84)85-73-32-19-15-28-62(73)63-29-16-20-33-74(63)85/h7-50,79H,1-6H3. The highest BCUT2D eigenvalue weighted by molar-refractivity contribution is 7.00. The molecule has 0 amide bonds. The van der Waals surface area contributed by atoms with Gasteiger partial charge in [-0.25, -0.2) is 0 Å². The van der Waals surface area contributed by atoms with Gasteiger partial charge >= 0.3 is 0 Å². The number of nitriles is 1. The first-order chi connectivity index (χ1) is 42.4. The number of para-hydroxylation sites is 4. The number of fused-ring (bicyclic) bond motifs is 10. The van der Waals surface area contributed by atoms with Crippen molar-refractivity contribution in [2.45, 2.75) is 58.3 Å². The minimum Gasteiger partial charge on any atom is -0.311 e. The smallest absolute Gasteiger partial charge is 0.252 e. The highest BCUT2D eigenvalue weighted by Gasteiger charge is 2.45. The van der Waals surface area contributed by atoms with Gasteiger partial charge in [0.2, 0.25) is 0 Å². The normalized spacial score (nSPS) is 13.3. The predicted molar refractivity (Wildman–Crippen MR) is 366 cm³/mol. The third kappa shape index (κ3) is 8.26. The molecule has 0 saturated carbocycles. The molecule has 13 aromatic rings. The molecule has 0 atom stereocenters. The van der Waals surface area contributed by atoms with E-state index >= 15 is 0 Å². The number of hydrogen-bond acceptors (Lipinski definition) is 3. The molecular formula is C82H63BN4. The van der Waals surface area contributed by atoms with E-state index in [2.05, 4.69) is 323 Å². The Morgan fingerprint density at radius 2 is 0.851 bits per heavy atom. The van der Waals surface area contributed by atoms with Crippen LogP contribution in [-0.2, 0) is 10.8 Å². The fraction of sp³-hybridized carbons (Fsp3) is 0.110. The summed E-state index contributed by atoms with van der Waals surface area (Å²) in [6.45, 7) is 13.8. The highest BCUT2D eigenvalue weighted by Crippen LogP contribution is 2.53. The second-order valence-corrected chi connectivity index (χ2v) is 25.9. The van der Waals surface area contributed by atoms with Gasteiger partial charge in [-0.3, -0.25) is 0 Å². The van der Waals surface area contributed by atoms with Crippen LogP contribution in [0.4, 0.5) is 34.1 Å². The fourth-order valence-electron chi connectivity index (χ4n) is 14.6. The maximum absolute atomic E-state index is 11.1. The van der Waals surface area contributed by atoms with E-state index in [4.69, 9.17) is 0 Å². The lowest BCUT2D eigenvalue weighted by Gasteiger charge is -2.45. The van der Waals surface area contributed by atoms with Crippen LogP contribution in [0.1, 0.15) is 80.8 Å². The van der Waals surface area contributed by atoms with Crippen LogP contribution in [-0.4, -0.2) is 11.3 Å². The fourth-order valence-corrected chi connectivity index (χ4v) is 14.6. The van der Waals surface area contributed by atoms with E-state index in [1.807, 2.05) is 6.07 Å². The largest absolute Gasteiger partial charge is 0.311 e. The minimum absolute atomic E-state index is 0.00854. The lowest BCUT2D eigenvalue weighted by Crippen LogP contribution is -2.61. The molecule has 0 radical (unpaired) electrons. The molecule has 16 rings (SSSR count). The van der Waals surface area contributed by atoms with Gasteiger partial charge < -0.3 is 14.4 Å². The van der Waals surface area contributed by atoms with Gasteiger partial charge in [-0.2, -0.15) is 5.26 Å². The van der Waals surface area contributed by atoms with Crippen molar-refractivity contribution < 1.29 is 0 Å². The van der Waals surface area contributed by atoms with Crippen LogP contribution in [0, 0.1) is 11.3 Å². The first-order valence-electron chi connectivity index (χ1n) is 30.5. The Balaban J connectivity index is 0.955. The molecule has 3 heterocycles. The van der Waals surface area contributed by atoms with Crippen molar-refractivity contribution in [2.24, 2.45) is 0 Å². The summed E-state index contributed by atoms with van der Waals surface area (Å²) in [6, 6.07) is 102. The monoisotopic (exact) mass is 1110 g/mol. The molecule has 0 unspecified atom stereocenters. The Kier molecular flexibility index (Phi) is 11.9. The number of nitrogens with zero attached hydrogens (tertiary/aromatic N) is 4. The zero-order valence-corrected chi connectivity index (χ0v) is 49.8. The van der Waals surface area contributed by atoms with Crippen molar-refractivity contribution in [2.75, 3.05) is 9.80 Å². The van der Waals surface area contributed by atoms with Crippen molar-refractivity contribution in [3.05, 3.63) is 300 Å². The quantitative estimate of drug-likeness (QED) is 0.149. The Labute approximate surface area is 510 Å². The first kappa shape index (κ1) is 52.2. The van der Waals surface area contributed by atoms with Gasteiger partial charge in [0.05, 0.1) is 34.0 Å². The van der Waals surface area contributed by atoms with E-state index in [9.17, 15) is 5.26 Å². The van der Waals surface area contributed by atoms with E-state index in [1.54, 1.807) is 0 Å². The Bertz CT molecular complexity index is 4880. The molecule has 4 nitrogen and oxygen atoms in total. The van der Waals surface area contributed by atoms with E-state index in [1.165, 1.54) is 66.1 Å². The molecule has 0 saturated heterocycles. The first-order valence-corrected chi connectivity index (χ1v) is 30.5. The topological polar surface area (TPSA) is 35.2 Å². The predicted octanol–water partition coefficient (Wildman–Crippen LogP) is 19.5. The molecule has 414 valence electrons. The average molecular weight is 1120 g/mol. The van der Waals surface area contributed by atoms with Crippen LogP contribution >= 0.6 is 0 Å². The van der Waals surface area contributed by atoms with E-state index in [0.717, 1.165) is 84.2 Å². The van der Waals surface area contributed by atoms with Gasteiger partial charge in [0.25, 0.3) is 6.71 Å². The Morgan fingerprint density at radius 1 is 0.368 bits per heavy atom. The molecule has 2 aliphatic heterocycles. The third-order valence-electron chi connectivity index (χ3n) is 18.8. The Morgan fingerprint density at radius 3 is 1.39 bits per heavy atom.